The molecule has 0 heterocycles. The first-order chi connectivity index (χ1) is 5.49. The third-order valence-corrected chi connectivity index (χ3v) is 2.37. The minimum absolute atomic E-state index is 0.113. The second-order valence-electron chi connectivity index (χ2n) is 3.84. The van der Waals surface area contributed by atoms with Crippen molar-refractivity contribution in [2.24, 2.45) is 5.92 Å². The van der Waals surface area contributed by atoms with E-state index >= 15 is 0 Å². The van der Waals surface area contributed by atoms with E-state index in [-0.39, 0.29) is 11.8 Å². The van der Waals surface area contributed by atoms with Crippen LogP contribution in [0.25, 0.3) is 0 Å². The molecular formula is C9H14N2O. The van der Waals surface area contributed by atoms with Crippen LogP contribution in [-0.2, 0) is 4.79 Å². The molecule has 0 aliphatic heterocycles. The lowest BCUT2D eigenvalue weighted by Gasteiger charge is -2.29. The molecule has 0 spiro atoms. The summed E-state index contributed by atoms with van der Waals surface area (Å²) >= 11 is 0. The van der Waals surface area contributed by atoms with Crippen molar-refractivity contribution in [2.75, 3.05) is 7.05 Å². The summed E-state index contributed by atoms with van der Waals surface area (Å²) < 4.78 is 0. The SMILES string of the molecule is CN(C(=O)C1CC1)C(C)(C)C#N. The Morgan fingerprint density at radius 3 is 2.42 bits per heavy atom. The van der Waals surface area contributed by atoms with Crippen molar-refractivity contribution in [3.05, 3.63) is 0 Å². The topological polar surface area (TPSA) is 44.1 Å². The van der Waals surface area contributed by atoms with Crippen molar-refractivity contribution in [3.8, 4) is 6.07 Å². The molecule has 0 unspecified atom stereocenters. The second kappa shape index (κ2) is 2.78. The summed E-state index contributed by atoms with van der Waals surface area (Å²) in [6.45, 7) is 3.51. The minimum Gasteiger partial charge on any atom is -0.327 e. The van der Waals surface area contributed by atoms with Gasteiger partial charge in [0.25, 0.3) is 0 Å². The summed E-state index contributed by atoms with van der Waals surface area (Å²) in [6.07, 6.45) is 1.98. The number of nitriles is 1. The summed E-state index contributed by atoms with van der Waals surface area (Å²) in [5, 5.41) is 8.77. The molecule has 66 valence electrons. The lowest BCUT2D eigenvalue weighted by Crippen LogP contribution is -2.44. The van der Waals surface area contributed by atoms with Crippen LogP contribution in [0.1, 0.15) is 26.7 Å². The molecule has 0 atom stereocenters. The molecule has 0 bridgehead atoms. The van der Waals surface area contributed by atoms with Crippen molar-refractivity contribution < 1.29 is 4.79 Å². The largest absolute Gasteiger partial charge is 0.327 e. The van der Waals surface area contributed by atoms with Crippen LogP contribution in [0.4, 0.5) is 0 Å². The summed E-state index contributed by atoms with van der Waals surface area (Å²) in [6, 6.07) is 2.11. The first-order valence-electron chi connectivity index (χ1n) is 4.18. The molecule has 1 saturated carbocycles. The molecule has 0 saturated heterocycles. The predicted octanol–water partition coefficient (Wildman–Crippen LogP) is 1.16. The fourth-order valence-electron chi connectivity index (χ4n) is 0.955. The van der Waals surface area contributed by atoms with Gasteiger partial charge in [-0.25, -0.2) is 0 Å². The summed E-state index contributed by atoms with van der Waals surface area (Å²) in [4.78, 5) is 13.0. The van der Waals surface area contributed by atoms with Crippen molar-refractivity contribution in [2.45, 2.75) is 32.2 Å². The molecule has 1 aliphatic carbocycles. The van der Waals surface area contributed by atoms with Gasteiger partial charge in [0.2, 0.25) is 5.91 Å². The van der Waals surface area contributed by atoms with Gasteiger partial charge in [0, 0.05) is 13.0 Å². The molecule has 1 amide bonds. The van der Waals surface area contributed by atoms with Gasteiger partial charge in [0.15, 0.2) is 0 Å². The van der Waals surface area contributed by atoms with Crippen LogP contribution < -0.4 is 0 Å². The van der Waals surface area contributed by atoms with E-state index in [1.165, 1.54) is 0 Å². The predicted molar refractivity (Wildman–Crippen MR) is 45.2 cm³/mol. The van der Waals surface area contributed by atoms with Crippen LogP contribution in [0.5, 0.6) is 0 Å². The number of hydrogen-bond donors (Lipinski definition) is 0. The van der Waals surface area contributed by atoms with Gasteiger partial charge in [-0.2, -0.15) is 5.26 Å². The van der Waals surface area contributed by atoms with Crippen LogP contribution in [-0.4, -0.2) is 23.4 Å². The van der Waals surface area contributed by atoms with E-state index in [0.29, 0.717) is 0 Å². The minimum atomic E-state index is -0.667. The Balaban J connectivity index is 2.63. The van der Waals surface area contributed by atoms with E-state index in [1.807, 2.05) is 0 Å². The highest BCUT2D eigenvalue weighted by Gasteiger charge is 2.37. The van der Waals surface area contributed by atoms with Crippen molar-refractivity contribution in [1.82, 2.24) is 4.90 Å². The van der Waals surface area contributed by atoms with Gasteiger partial charge in [-0.05, 0) is 26.7 Å². The van der Waals surface area contributed by atoms with Crippen molar-refractivity contribution in [1.29, 1.82) is 5.26 Å². The summed E-state index contributed by atoms with van der Waals surface area (Å²) in [5.41, 5.74) is -0.667. The quantitative estimate of drug-likeness (QED) is 0.617. The van der Waals surface area contributed by atoms with E-state index < -0.39 is 5.54 Å². The van der Waals surface area contributed by atoms with Gasteiger partial charge in [-0.3, -0.25) is 4.79 Å². The van der Waals surface area contributed by atoms with Crippen molar-refractivity contribution >= 4 is 5.91 Å². The molecule has 3 heteroatoms. The highest BCUT2D eigenvalue weighted by Crippen LogP contribution is 2.32. The average Bonchev–Trinajstić information content (AvgIpc) is 2.84. The average molecular weight is 166 g/mol. The highest BCUT2D eigenvalue weighted by molar-refractivity contribution is 5.81. The van der Waals surface area contributed by atoms with Gasteiger partial charge >= 0.3 is 0 Å². The van der Waals surface area contributed by atoms with Gasteiger partial charge < -0.3 is 4.90 Å². The van der Waals surface area contributed by atoms with Crippen LogP contribution in [0.2, 0.25) is 0 Å². The molecule has 0 aromatic carbocycles. The second-order valence-corrected chi connectivity index (χ2v) is 3.84. The molecular weight excluding hydrogens is 152 g/mol. The van der Waals surface area contributed by atoms with Crippen LogP contribution >= 0.6 is 0 Å². The fourth-order valence-corrected chi connectivity index (χ4v) is 0.955. The summed E-state index contributed by atoms with van der Waals surface area (Å²) in [5.74, 6) is 0.309. The molecule has 3 nitrogen and oxygen atoms in total. The fraction of sp³-hybridized carbons (Fsp3) is 0.778. The van der Waals surface area contributed by atoms with Crippen LogP contribution in [0.15, 0.2) is 0 Å². The lowest BCUT2D eigenvalue weighted by molar-refractivity contribution is -0.134. The van der Waals surface area contributed by atoms with E-state index in [1.54, 1.807) is 25.8 Å². The number of hydrogen-bond acceptors (Lipinski definition) is 2. The zero-order chi connectivity index (χ0) is 9.35. The Hall–Kier alpha value is -1.04. The van der Waals surface area contributed by atoms with E-state index in [4.69, 9.17) is 5.26 Å². The van der Waals surface area contributed by atoms with Crippen LogP contribution in [0, 0.1) is 17.2 Å². The maximum Gasteiger partial charge on any atom is 0.226 e. The monoisotopic (exact) mass is 166 g/mol. The third-order valence-electron chi connectivity index (χ3n) is 2.37. The Morgan fingerprint density at radius 1 is 1.58 bits per heavy atom. The van der Waals surface area contributed by atoms with Gasteiger partial charge in [-0.15, -0.1) is 0 Å². The zero-order valence-electron chi connectivity index (χ0n) is 7.79. The van der Waals surface area contributed by atoms with Gasteiger partial charge in [-0.1, -0.05) is 0 Å². The van der Waals surface area contributed by atoms with Gasteiger partial charge in [0.1, 0.15) is 5.54 Å². The molecule has 1 aliphatic rings. The highest BCUT2D eigenvalue weighted by atomic mass is 16.2. The first kappa shape index (κ1) is 9.05. The number of carbonyl (C=O) groups is 1. The zero-order valence-corrected chi connectivity index (χ0v) is 7.79. The molecule has 0 aromatic heterocycles. The number of amides is 1. The van der Waals surface area contributed by atoms with Gasteiger partial charge in [0.05, 0.1) is 6.07 Å². The first-order valence-corrected chi connectivity index (χ1v) is 4.18. The molecule has 0 aromatic rings. The Morgan fingerprint density at radius 2 is 2.08 bits per heavy atom. The Labute approximate surface area is 73.0 Å². The molecule has 12 heavy (non-hydrogen) atoms. The molecule has 0 radical (unpaired) electrons. The van der Waals surface area contributed by atoms with E-state index in [2.05, 4.69) is 6.07 Å². The van der Waals surface area contributed by atoms with E-state index in [9.17, 15) is 4.79 Å². The number of carbonyl (C=O) groups excluding carboxylic acids is 1. The smallest absolute Gasteiger partial charge is 0.226 e. The maximum atomic E-state index is 11.5. The van der Waals surface area contributed by atoms with Crippen molar-refractivity contribution in [3.63, 3.8) is 0 Å². The number of rotatable bonds is 2. The molecule has 1 fully saturated rings. The third kappa shape index (κ3) is 1.58. The maximum absolute atomic E-state index is 11.5. The standard InChI is InChI=1S/C9H14N2O/c1-9(2,6-10)11(3)8(12)7-4-5-7/h7H,4-5H2,1-3H3. The summed E-state index contributed by atoms with van der Waals surface area (Å²) in [7, 11) is 1.70. The van der Waals surface area contributed by atoms with Crippen LogP contribution in [0.3, 0.4) is 0 Å². The molecule has 0 N–H and O–H groups in total. The number of nitrogens with zero attached hydrogens (tertiary/aromatic N) is 2. The Bertz CT molecular complexity index is 235. The van der Waals surface area contributed by atoms with E-state index in [0.717, 1.165) is 12.8 Å². The lowest BCUT2D eigenvalue weighted by atomic mass is 10.1. The molecule has 1 rings (SSSR count). The normalized spacial score (nSPS) is 16.8. The Kier molecular flexibility index (Phi) is 2.10.